The number of ether oxygens (including phenoxy) is 1. The van der Waals surface area contributed by atoms with Gasteiger partial charge < -0.3 is 9.84 Å². The van der Waals surface area contributed by atoms with Crippen molar-refractivity contribution >= 4 is 11.9 Å². The molecule has 0 amide bonds. The maximum Gasteiger partial charge on any atom is 0.311 e. The molecular formula is C26H42O4. The first-order chi connectivity index (χ1) is 13.3. The molecule has 0 heterocycles. The summed E-state index contributed by atoms with van der Waals surface area (Å²) < 4.78 is 5.66. The molecule has 0 aromatic heterocycles. The summed E-state index contributed by atoms with van der Waals surface area (Å²) in [7, 11) is 0. The van der Waals surface area contributed by atoms with Gasteiger partial charge in [0, 0.05) is 5.56 Å². The number of carbonyl (C=O) groups is 2. The largest absolute Gasteiger partial charge is 0.481 e. The van der Waals surface area contributed by atoms with Gasteiger partial charge in [0.05, 0.1) is 12.8 Å². The maximum absolute atomic E-state index is 12.3. The lowest BCUT2D eigenvalue weighted by molar-refractivity contribution is -0.142. The summed E-state index contributed by atoms with van der Waals surface area (Å²) in [6, 6.07) is 6.12. The van der Waals surface area contributed by atoms with Gasteiger partial charge in [0.25, 0.3) is 0 Å². The summed E-state index contributed by atoms with van der Waals surface area (Å²) in [5.41, 5.74) is 2.27. The topological polar surface area (TPSA) is 63.6 Å². The van der Waals surface area contributed by atoms with Gasteiger partial charge in [-0.1, -0.05) is 81.4 Å². The van der Waals surface area contributed by atoms with E-state index in [1.165, 1.54) is 5.56 Å². The molecule has 30 heavy (non-hydrogen) atoms. The van der Waals surface area contributed by atoms with Crippen LogP contribution in [0.1, 0.15) is 106 Å². The minimum Gasteiger partial charge on any atom is -0.481 e. The van der Waals surface area contributed by atoms with E-state index in [2.05, 4.69) is 75.3 Å². The average Bonchev–Trinajstić information content (AvgIpc) is 2.48. The standard InChI is InChI=1S/C26H42O4/c1-23(2,3)16-25(7,8)18-11-12-20(30-22(29)14-13-21(27)28)19(15-18)26(9,10)17-24(4,5)6/h11-12,15H,13-14,16-17H2,1-10H3,(H,27,28). The van der Waals surface area contributed by atoms with Crippen LogP contribution in [0.4, 0.5) is 0 Å². The second-order valence-electron chi connectivity index (χ2n) is 12.3. The van der Waals surface area contributed by atoms with Crippen LogP contribution in [0.5, 0.6) is 5.75 Å². The highest BCUT2D eigenvalue weighted by Gasteiger charge is 2.33. The number of rotatable bonds is 8. The molecule has 4 heteroatoms. The molecule has 1 aromatic rings. The van der Waals surface area contributed by atoms with Gasteiger partial charge in [0.15, 0.2) is 0 Å². The molecule has 1 aromatic carbocycles. The average molecular weight is 419 g/mol. The Balaban J connectivity index is 3.41. The van der Waals surface area contributed by atoms with E-state index in [9.17, 15) is 9.59 Å². The van der Waals surface area contributed by atoms with Crippen LogP contribution in [-0.4, -0.2) is 17.0 Å². The van der Waals surface area contributed by atoms with Gasteiger partial charge >= 0.3 is 11.9 Å². The predicted octanol–water partition coefficient (Wildman–Crippen LogP) is 6.88. The smallest absolute Gasteiger partial charge is 0.311 e. The number of carboxylic acid groups (broad SMARTS) is 1. The third-order valence-corrected chi connectivity index (χ3v) is 5.20. The van der Waals surface area contributed by atoms with Crippen LogP contribution in [0.25, 0.3) is 0 Å². The number of esters is 1. The van der Waals surface area contributed by atoms with Gasteiger partial charge in [-0.25, -0.2) is 0 Å². The fraction of sp³-hybridized carbons (Fsp3) is 0.692. The van der Waals surface area contributed by atoms with Crippen molar-refractivity contribution in [2.45, 2.75) is 106 Å². The minimum absolute atomic E-state index is 0.0311. The Bertz CT molecular complexity index is 758. The molecule has 0 atom stereocenters. The molecule has 0 unspecified atom stereocenters. The van der Waals surface area contributed by atoms with Crippen molar-refractivity contribution < 1.29 is 19.4 Å². The lowest BCUT2D eigenvalue weighted by atomic mass is 9.68. The molecule has 0 spiro atoms. The zero-order chi connectivity index (χ0) is 23.5. The van der Waals surface area contributed by atoms with E-state index >= 15 is 0 Å². The third-order valence-electron chi connectivity index (χ3n) is 5.20. The number of carboxylic acids is 1. The highest BCUT2D eigenvalue weighted by Crippen LogP contribution is 2.44. The van der Waals surface area contributed by atoms with E-state index in [4.69, 9.17) is 9.84 Å². The molecule has 0 radical (unpaired) electrons. The second-order valence-corrected chi connectivity index (χ2v) is 12.3. The zero-order valence-electron chi connectivity index (χ0n) is 20.7. The van der Waals surface area contributed by atoms with Crippen molar-refractivity contribution in [1.82, 2.24) is 0 Å². The fourth-order valence-electron chi connectivity index (χ4n) is 4.80. The molecule has 0 saturated heterocycles. The summed E-state index contributed by atoms with van der Waals surface area (Å²) in [6.45, 7) is 22.3. The SMILES string of the molecule is CC(C)(C)CC(C)(C)c1ccc(OC(=O)CCC(=O)O)c(C(C)(C)CC(C)(C)C)c1. The first-order valence-electron chi connectivity index (χ1n) is 10.9. The van der Waals surface area contributed by atoms with E-state index in [1.54, 1.807) is 0 Å². The molecule has 0 saturated carbocycles. The normalized spacial score (nSPS) is 13.3. The fourth-order valence-corrected chi connectivity index (χ4v) is 4.80. The molecular weight excluding hydrogens is 376 g/mol. The lowest BCUT2D eigenvalue weighted by Crippen LogP contribution is -2.28. The summed E-state index contributed by atoms with van der Waals surface area (Å²) in [4.78, 5) is 23.1. The van der Waals surface area contributed by atoms with Gasteiger partial charge in [0.2, 0.25) is 0 Å². The third kappa shape index (κ3) is 8.49. The van der Waals surface area contributed by atoms with E-state index in [1.807, 2.05) is 12.1 Å². The monoisotopic (exact) mass is 418 g/mol. The first kappa shape index (κ1) is 26.2. The van der Waals surface area contributed by atoms with Gasteiger partial charge in [-0.2, -0.15) is 0 Å². The Morgan fingerprint density at radius 1 is 0.800 bits per heavy atom. The Morgan fingerprint density at radius 3 is 1.77 bits per heavy atom. The van der Waals surface area contributed by atoms with Crippen molar-refractivity contribution in [2.75, 3.05) is 0 Å². The molecule has 4 nitrogen and oxygen atoms in total. The minimum atomic E-state index is -1.00. The number of benzene rings is 1. The number of aliphatic carboxylic acids is 1. The van der Waals surface area contributed by atoms with Crippen molar-refractivity contribution in [1.29, 1.82) is 0 Å². The summed E-state index contributed by atoms with van der Waals surface area (Å²) >= 11 is 0. The van der Waals surface area contributed by atoms with Crippen molar-refractivity contribution in [3.05, 3.63) is 29.3 Å². The van der Waals surface area contributed by atoms with Crippen LogP contribution in [0, 0.1) is 10.8 Å². The van der Waals surface area contributed by atoms with E-state index in [0.717, 1.165) is 18.4 Å². The molecule has 0 aliphatic carbocycles. The van der Waals surface area contributed by atoms with Crippen LogP contribution in [0.3, 0.4) is 0 Å². The molecule has 1 rings (SSSR count). The zero-order valence-corrected chi connectivity index (χ0v) is 20.7. The Labute approximate surface area is 183 Å². The van der Waals surface area contributed by atoms with Crippen molar-refractivity contribution in [3.63, 3.8) is 0 Å². The van der Waals surface area contributed by atoms with Gasteiger partial charge in [-0.15, -0.1) is 0 Å². The van der Waals surface area contributed by atoms with Gasteiger partial charge in [-0.05, 0) is 46.1 Å². The number of hydrogen-bond acceptors (Lipinski definition) is 3. The molecule has 1 N–H and O–H groups in total. The predicted molar refractivity (Wildman–Crippen MR) is 123 cm³/mol. The Hall–Kier alpha value is -1.84. The maximum atomic E-state index is 12.3. The Morgan fingerprint density at radius 2 is 1.30 bits per heavy atom. The number of carbonyl (C=O) groups excluding carboxylic acids is 1. The van der Waals surface area contributed by atoms with Gasteiger partial charge in [0.1, 0.15) is 5.75 Å². The van der Waals surface area contributed by atoms with Crippen LogP contribution in [0.15, 0.2) is 18.2 Å². The highest BCUT2D eigenvalue weighted by atomic mass is 16.5. The molecule has 0 fully saturated rings. The van der Waals surface area contributed by atoms with Crippen LogP contribution < -0.4 is 4.74 Å². The molecule has 170 valence electrons. The van der Waals surface area contributed by atoms with Crippen LogP contribution >= 0.6 is 0 Å². The summed E-state index contributed by atoms with van der Waals surface area (Å²) in [5.74, 6) is -0.971. The van der Waals surface area contributed by atoms with Gasteiger partial charge in [-0.3, -0.25) is 9.59 Å². The van der Waals surface area contributed by atoms with Crippen LogP contribution in [-0.2, 0) is 20.4 Å². The summed E-state index contributed by atoms with van der Waals surface area (Å²) in [6.07, 6.45) is 1.59. The summed E-state index contributed by atoms with van der Waals surface area (Å²) in [5, 5.41) is 8.85. The number of hydrogen-bond donors (Lipinski definition) is 1. The van der Waals surface area contributed by atoms with Crippen LogP contribution in [0.2, 0.25) is 0 Å². The first-order valence-corrected chi connectivity index (χ1v) is 10.9. The molecule has 0 bridgehead atoms. The molecule has 0 aliphatic rings. The van der Waals surface area contributed by atoms with Crippen molar-refractivity contribution in [3.8, 4) is 5.75 Å². The highest BCUT2D eigenvalue weighted by molar-refractivity contribution is 5.78. The molecule has 0 aliphatic heterocycles. The second kappa shape index (κ2) is 9.11. The quantitative estimate of drug-likeness (QED) is 0.369. The van der Waals surface area contributed by atoms with Crippen molar-refractivity contribution in [2.24, 2.45) is 10.8 Å². The lowest BCUT2D eigenvalue weighted by Gasteiger charge is -2.37. The van der Waals surface area contributed by atoms with E-state index < -0.39 is 11.9 Å². The Kier molecular flexibility index (Phi) is 7.96. The van der Waals surface area contributed by atoms with E-state index in [0.29, 0.717) is 5.75 Å². The van der Waals surface area contributed by atoms with E-state index in [-0.39, 0.29) is 34.5 Å².